The van der Waals surface area contributed by atoms with Crippen molar-refractivity contribution in [3.63, 3.8) is 0 Å². The van der Waals surface area contributed by atoms with Gasteiger partial charge in [-0.25, -0.2) is 0 Å². The molecule has 1 aliphatic rings. The Bertz CT molecular complexity index is 471. The Morgan fingerprint density at radius 3 is 2.83 bits per heavy atom. The second-order valence-corrected chi connectivity index (χ2v) is 7.04. The molecule has 1 saturated heterocycles. The molecule has 1 aromatic carbocycles. The molecule has 0 spiro atoms. The average molecular weight is 267 g/mol. The standard InChI is InChI=1S/C14H21NO2S/c1-10-4-5-11(15)8-13(10)18(16)9-12-6-7-14(2,3)17-12/h4-5,8,12H,6-7,9,15H2,1-3H3. The highest BCUT2D eigenvalue weighted by molar-refractivity contribution is 7.85. The molecule has 2 rings (SSSR count). The number of benzene rings is 1. The first-order chi connectivity index (χ1) is 8.37. The van der Waals surface area contributed by atoms with Crippen molar-refractivity contribution in [3.05, 3.63) is 23.8 Å². The Kier molecular flexibility index (Phi) is 3.78. The Labute approximate surface area is 111 Å². The second kappa shape index (κ2) is 5.02. The zero-order valence-electron chi connectivity index (χ0n) is 11.2. The van der Waals surface area contributed by atoms with Crippen molar-refractivity contribution in [2.75, 3.05) is 11.5 Å². The van der Waals surface area contributed by atoms with Crippen LogP contribution >= 0.6 is 0 Å². The number of hydrogen-bond acceptors (Lipinski definition) is 3. The van der Waals surface area contributed by atoms with Gasteiger partial charge in [0, 0.05) is 10.6 Å². The van der Waals surface area contributed by atoms with Crippen molar-refractivity contribution in [2.24, 2.45) is 0 Å². The third-order valence-corrected chi connectivity index (χ3v) is 4.95. The van der Waals surface area contributed by atoms with Gasteiger partial charge in [-0.05, 0) is 51.3 Å². The van der Waals surface area contributed by atoms with Crippen LogP contribution in [0.4, 0.5) is 5.69 Å². The fourth-order valence-corrected chi connectivity index (χ4v) is 3.76. The minimum absolute atomic E-state index is 0.0698. The first kappa shape index (κ1) is 13.6. The van der Waals surface area contributed by atoms with Crippen molar-refractivity contribution in [1.29, 1.82) is 0 Å². The smallest absolute Gasteiger partial charge is 0.0702 e. The minimum atomic E-state index is -1.03. The molecule has 0 aliphatic carbocycles. The summed E-state index contributed by atoms with van der Waals surface area (Å²) in [5.74, 6) is 0.563. The monoisotopic (exact) mass is 267 g/mol. The maximum absolute atomic E-state index is 12.4. The molecular weight excluding hydrogens is 246 g/mol. The van der Waals surface area contributed by atoms with E-state index in [1.165, 1.54) is 0 Å². The number of aryl methyl sites for hydroxylation is 1. The molecule has 3 nitrogen and oxygen atoms in total. The summed E-state index contributed by atoms with van der Waals surface area (Å²) in [5, 5.41) is 0. The molecule has 1 fully saturated rings. The van der Waals surface area contributed by atoms with E-state index in [0.29, 0.717) is 11.4 Å². The van der Waals surface area contributed by atoms with E-state index in [-0.39, 0.29) is 11.7 Å². The Balaban J connectivity index is 2.06. The van der Waals surface area contributed by atoms with Gasteiger partial charge < -0.3 is 10.5 Å². The van der Waals surface area contributed by atoms with Crippen LogP contribution in [0.2, 0.25) is 0 Å². The number of rotatable bonds is 3. The Morgan fingerprint density at radius 1 is 1.50 bits per heavy atom. The first-order valence-electron chi connectivity index (χ1n) is 6.30. The van der Waals surface area contributed by atoms with Crippen LogP contribution in [0.1, 0.15) is 32.3 Å². The first-order valence-corrected chi connectivity index (χ1v) is 7.61. The van der Waals surface area contributed by atoms with Gasteiger partial charge in [0.25, 0.3) is 0 Å². The third kappa shape index (κ3) is 3.12. The lowest BCUT2D eigenvalue weighted by Crippen LogP contribution is -2.23. The molecule has 2 unspecified atom stereocenters. The molecule has 2 N–H and O–H groups in total. The van der Waals surface area contributed by atoms with E-state index in [0.717, 1.165) is 23.3 Å². The van der Waals surface area contributed by atoms with Crippen LogP contribution in [-0.4, -0.2) is 21.7 Å². The third-order valence-electron chi connectivity index (χ3n) is 3.35. The van der Waals surface area contributed by atoms with Crippen LogP contribution in [0.15, 0.2) is 23.1 Å². The van der Waals surface area contributed by atoms with Crippen molar-refractivity contribution in [3.8, 4) is 0 Å². The van der Waals surface area contributed by atoms with Crippen molar-refractivity contribution < 1.29 is 8.95 Å². The fourth-order valence-electron chi connectivity index (χ4n) is 2.32. The molecule has 2 atom stereocenters. The second-order valence-electron chi connectivity index (χ2n) is 5.58. The fraction of sp³-hybridized carbons (Fsp3) is 0.571. The topological polar surface area (TPSA) is 52.3 Å². The zero-order chi connectivity index (χ0) is 13.3. The van der Waals surface area contributed by atoms with Gasteiger partial charge in [-0.1, -0.05) is 6.07 Å². The summed E-state index contributed by atoms with van der Waals surface area (Å²) in [7, 11) is -1.03. The predicted octanol–water partition coefficient (Wildman–Crippen LogP) is 2.64. The van der Waals surface area contributed by atoms with Crippen molar-refractivity contribution >= 4 is 16.5 Å². The van der Waals surface area contributed by atoms with Crippen LogP contribution in [0.25, 0.3) is 0 Å². The SMILES string of the molecule is Cc1ccc(N)cc1S(=O)CC1CCC(C)(C)O1. The normalized spacial score (nSPS) is 24.1. The van der Waals surface area contributed by atoms with Gasteiger partial charge in [0.2, 0.25) is 0 Å². The molecule has 0 bridgehead atoms. The van der Waals surface area contributed by atoms with E-state index in [1.807, 2.05) is 25.1 Å². The molecule has 1 heterocycles. The van der Waals surface area contributed by atoms with Crippen molar-refractivity contribution in [2.45, 2.75) is 50.2 Å². The van der Waals surface area contributed by atoms with E-state index in [4.69, 9.17) is 10.5 Å². The maximum atomic E-state index is 12.4. The molecule has 0 radical (unpaired) electrons. The van der Waals surface area contributed by atoms with Gasteiger partial charge in [0.15, 0.2) is 0 Å². The van der Waals surface area contributed by atoms with E-state index in [2.05, 4.69) is 13.8 Å². The lowest BCUT2D eigenvalue weighted by atomic mass is 10.1. The van der Waals surface area contributed by atoms with E-state index in [1.54, 1.807) is 0 Å². The highest BCUT2D eigenvalue weighted by Crippen LogP contribution is 2.30. The number of ether oxygens (including phenoxy) is 1. The van der Waals surface area contributed by atoms with Crippen LogP contribution in [-0.2, 0) is 15.5 Å². The van der Waals surface area contributed by atoms with Crippen LogP contribution in [0.3, 0.4) is 0 Å². The molecule has 18 heavy (non-hydrogen) atoms. The van der Waals surface area contributed by atoms with E-state index >= 15 is 0 Å². The summed E-state index contributed by atoms with van der Waals surface area (Å²) in [4.78, 5) is 0.836. The van der Waals surface area contributed by atoms with Crippen LogP contribution in [0, 0.1) is 6.92 Å². The highest BCUT2D eigenvalue weighted by atomic mass is 32.2. The molecule has 0 aromatic heterocycles. The van der Waals surface area contributed by atoms with E-state index < -0.39 is 10.8 Å². The van der Waals surface area contributed by atoms with Crippen LogP contribution < -0.4 is 5.73 Å². The largest absolute Gasteiger partial charge is 0.399 e. The summed E-state index contributed by atoms with van der Waals surface area (Å²) in [6.07, 6.45) is 2.12. The summed E-state index contributed by atoms with van der Waals surface area (Å²) in [6.45, 7) is 6.13. The maximum Gasteiger partial charge on any atom is 0.0702 e. The van der Waals surface area contributed by atoms with E-state index in [9.17, 15) is 4.21 Å². The Morgan fingerprint density at radius 2 is 2.22 bits per heavy atom. The number of hydrogen-bond donors (Lipinski definition) is 1. The summed E-state index contributed by atoms with van der Waals surface area (Å²) >= 11 is 0. The van der Waals surface area contributed by atoms with Gasteiger partial charge in [-0.15, -0.1) is 0 Å². The summed E-state index contributed by atoms with van der Waals surface area (Å²) in [6, 6.07) is 5.57. The lowest BCUT2D eigenvalue weighted by molar-refractivity contribution is -0.00498. The minimum Gasteiger partial charge on any atom is -0.399 e. The number of nitrogen functional groups attached to an aromatic ring is 1. The molecule has 4 heteroatoms. The zero-order valence-corrected chi connectivity index (χ0v) is 12.0. The molecule has 1 aliphatic heterocycles. The molecule has 100 valence electrons. The Hall–Kier alpha value is -0.870. The van der Waals surface area contributed by atoms with Gasteiger partial charge in [0.05, 0.1) is 28.3 Å². The predicted molar refractivity (Wildman–Crippen MR) is 75.1 cm³/mol. The highest BCUT2D eigenvalue weighted by Gasteiger charge is 2.32. The quantitative estimate of drug-likeness (QED) is 0.857. The van der Waals surface area contributed by atoms with Gasteiger partial charge in [-0.3, -0.25) is 4.21 Å². The number of anilines is 1. The summed E-state index contributed by atoms with van der Waals surface area (Å²) in [5.41, 5.74) is 7.37. The molecule has 0 saturated carbocycles. The van der Waals surface area contributed by atoms with Gasteiger partial charge >= 0.3 is 0 Å². The number of nitrogens with two attached hydrogens (primary N) is 1. The lowest BCUT2D eigenvalue weighted by Gasteiger charge is -2.19. The average Bonchev–Trinajstić information content (AvgIpc) is 2.61. The molecule has 0 amide bonds. The molecule has 1 aromatic rings. The van der Waals surface area contributed by atoms with Crippen LogP contribution in [0.5, 0.6) is 0 Å². The molecular formula is C14H21NO2S. The van der Waals surface area contributed by atoms with Gasteiger partial charge in [-0.2, -0.15) is 0 Å². The van der Waals surface area contributed by atoms with Gasteiger partial charge in [0.1, 0.15) is 0 Å². The van der Waals surface area contributed by atoms with Crippen molar-refractivity contribution in [1.82, 2.24) is 0 Å². The summed E-state index contributed by atoms with van der Waals surface area (Å²) < 4.78 is 18.2.